The fourth-order valence-corrected chi connectivity index (χ4v) is 3.14. The van der Waals surface area contributed by atoms with Gasteiger partial charge in [0, 0.05) is 30.0 Å². The smallest absolute Gasteiger partial charge is 0.406 e. The zero-order chi connectivity index (χ0) is 22.4. The highest BCUT2D eigenvalue weighted by molar-refractivity contribution is 5.76. The van der Waals surface area contributed by atoms with Gasteiger partial charge in [0.05, 0.1) is 11.5 Å². The van der Waals surface area contributed by atoms with E-state index >= 15 is 0 Å². The average Bonchev–Trinajstić information content (AvgIpc) is 3.20. The molecule has 0 bridgehead atoms. The molecule has 0 saturated carbocycles. The van der Waals surface area contributed by atoms with Gasteiger partial charge in [0.15, 0.2) is 0 Å². The lowest BCUT2D eigenvalue weighted by Gasteiger charge is -2.24. The molecule has 0 saturated heterocycles. The van der Waals surface area contributed by atoms with Crippen LogP contribution in [0.15, 0.2) is 71.1 Å². The molecular formula is C22H19F3N2O4. The SMILES string of the molecule is O=C(CCc1ccc(-c2ccccc2)o1)N(Cc1ccccc1[N+](=O)[O-])CC(F)(F)F. The molecule has 0 N–H and O–H groups in total. The van der Waals surface area contributed by atoms with Gasteiger partial charge in [-0.05, 0) is 12.1 Å². The number of nitro benzene ring substituents is 1. The lowest BCUT2D eigenvalue weighted by molar-refractivity contribution is -0.385. The number of nitro groups is 1. The number of furan rings is 1. The van der Waals surface area contributed by atoms with Crippen molar-refractivity contribution in [3.63, 3.8) is 0 Å². The fourth-order valence-electron chi connectivity index (χ4n) is 3.14. The molecule has 9 heteroatoms. The van der Waals surface area contributed by atoms with Crippen LogP contribution in [-0.2, 0) is 17.8 Å². The maximum Gasteiger partial charge on any atom is 0.406 e. The summed E-state index contributed by atoms with van der Waals surface area (Å²) in [5.74, 6) is 0.285. The molecule has 1 amide bonds. The van der Waals surface area contributed by atoms with Gasteiger partial charge in [0.25, 0.3) is 5.69 Å². The molecule has 0 aliphatic carbocycles. The van der Waals surface area contributed by atoms with Gasteiger partial charge >= 0.3 is 6.18 Å². The van der Waals surface area contributed by atoms with Crippen molar-refractivity contribution in [2.24, 2.45) is 0 Å². The zero-order valence-corrected chi connectivity index (χ0v) is 16.3. The van der Waals surface area contributed by atoms with E-state index in [4.69, 9.17) is 4.42 Å². The number of nitrogens with zero attached hydrogens (tertiary/aromatic N) is 2. The minimum Gasteiger partial charge on any atom is -0.461 e. The first-order valence-electron chi connectivity index (χ1n) is 9.44. The van der Waals surface area contributed by atoms with Crippen molar-refractivity contribution in [1.29, 1.82) is 0 Å². The maximum absolute atomic E-state index is 13.0. The molecule has 0 radical (unpaired) electrons. The van der Waals surface area contributed by atoms with E-state index in [-0.39, 0.29) is 24.1 Å². The maximum atomic E-state index is 13.0. The van der Waals surface area contributed by atoms with Gasteiger partial charge in [-0.1, -0.05) is 48.5 Å². The predicted octanol–water partition coefficient (Wildman–Crippen LogP) is 5.38. The number of benzene rings is 2. The van der Waals surface area contributed by atoms with Gasteiger partial charge in [0.1, 0.15) is 18.1 Å². The van der Waals surface area contributed by atoms with Crippen LogP contribution in [0.3, 0.4) is 0 Å². The standard InChI is InChI=1S/C22H19F3N2O4/c23-22(24,25)15-26(14-17-8-4-5-9-19(17)27(29)30)21(28)13-11-18-10-12-20(31-18)16-6-2-1-3-7-16/h1-10,12H,11,13-15H2. The number of amides is 1. The summed E-state index contributed by atoms with van der Waals surface area (Å²) in [5.41, 5.74) is 0.547. The third-order valence-electron chi connectivity index (χ3n) is 4.58. The summed E-state index contributed by atoms with van der Waals surface area (Å²) in [4.78, 5) is 23.6. The van der Waals surface area contributed by atoms with Crippen LogP contribution in [0.5, 0.6) is 0 Å². The van der Waals surface area contributed by atoms with E-state index < -0.39 is 30.1 Å². The molecule has 6 nitrogen and oxygen atoms in total. The summed E-state index contributed by atoms with van der Waals surface area (Å²) >= 11 is 0. The Morgan fingerprint density at radius 2 is 1.68 bits per heavy atom. The number of carbonyl (C=O) groups excluding carboxylic acids is 1. The van der Waals surface area contributed by atoms with E-state index in [1.807, 2.05) is 30.3 Å². The van der Waals surface area contributed by atoms with Gasteiger partial charge in [0.2, 0.25) is 5.91 Å². The average molecular weight is 432 g/mol. The normalized spacial score (nSPS) is 11.3. The Bertz CT molecular complexity index is 1050. The van der Waals surface area contributed by atoms with Crippen molar-refractivity contribution in [1.82, 2.24) is 4.90 Å². The predicted molar refractivity (Wildman–Crippen MR) is 107 cm³/mol. The van der Waals surface area contributed by atoms with Gasteiger partial charge in [-0.2, -0.15) is 13.2 Å². The third-order valence-corrected chi connectivity index (χ3v) is 4.58. The second kappa shape index (κ2) is 9.46. The first-order valence-corrected chi connectivity index (χ1v) is 9.44. The van der Waals surface area contributed by atoms with Crippen LogP contribution >= 0.6 is 0 Å². The van der Waals surface area contributed by atoms with Gasteiger partial charge < -0.3 is 9.32 Å². The summed E-state index contributed by atoms with van der Waals surface area (Å²) in [5, 5.41) is 11.2. The highest BCUT2D eigenvalue weighted by Gasteiger charge is 2.33. The summed E-state index contributed by atoms with van der Waals surface area (Å²) in [7, 11) is 0. The van der Waals surface area contributed by atoms with Gasteiger partial charge in [-0.15, -0.1) is 0 Å². The number of halogens is 3. The van der Waals surface area contributed by atoms with Crippen LogP contribution in [-0.4, -0.2) is 28.5 Å². The molecule has 3 aromatic rings. The molecule has 0 unspecified atom stereocenters. The molecule has 2 aromatic carbocycles. The lowest BCUT2D eigenvalue weighted by Crippen LogP contribution is -2.38. The van der Waals surface area contributed by atoms with Crippen molar-refractivity contribution < 1.29 is 27.3 Å². The lowest BCUT2D eigenvalue weighted by atomic mass is 10.1. The Morgan fingerprint density at radius 3 is 2.35 bits per heavy atom. The van der Waals surface area contributed by atoms with E-state index in [9.17, 15) is 28.1 Å². The largest absolute Gasteiger partial charge is 0.461 e. The fraction of sp³-hybridized carbons (Fsp3) is 0.227. The highest BCUT2D eigenvalue weighted by atomic mass is 19.4. The monoisotopic (exact) mass is 432 g/mol. The number of hydrogen-bond acceptors (Lipinski definition) is 4. The molecule has 0 atom stereocenters. The topological polar surface area (TPSA) is 76.6 Å². The van der Waals surface area contributed by atoms with Crippen LogP contribution in [0.4, 0.5) is 18.9 Å². The number of alkyl halides is 3. The molecule has 0 fully saturated rings. The van der Waals surface area contributed by atoms with Crippen LogP contribution in [0.2, 0.25) is 0 Å². The van der Waals surface area contributed by atoms with Crippen molar-refractivity contribution in [3.05, 3.63) is 88.2 Å². The van der Waals surface area contributed by atoms with Crippen molar-refractivity contribution in [2.45, 2.75) is 25.6 Å². The molecule has 31 heavy (non-hydrogen) atoms. The van der Waals surface area contributed by atoms with E-state index in [1.165, 1.54) is 24.3 Å². The zero-order valence-electron chi connectivity index (χ0n) is 16.3. The first kappa shape index (κ1) is 22.1. The molecule has 0 aliphatic heterocycles. The Morgan fingerprint density at radius 1 is 1.00 bits per heavy atom. The minimum absolute atomic E-state index is 0.0365. The highest BCUT2D eigenvalue weighted by Crippen LogP contribution is 2.25. The third kappa shape index (κ3) is 6.18. The molecular weight excluding hydrogens is 413 g/mol. The molecule has 162 valence electrons. The van der Waals surface area contributed by atoms with E-state index in [0.717, 1.165) is 5.56 Å². The van der Waals surface area contributed by atoms with Crippen LogP contribution in [0.25, 0.3) is 11.3 Å². The first-order chi connectivity index (χ1) is 14.7. The Hall–Kier alpha value is -3.62. The summed E-state index contributed by atoms with van der Waals surface area (Å²) in [6.07, 6.45) is -4.75. The van der Waals surface area contributed by atoms with Gasteiger partial charge in [-0.25, -0.2) is 0 Å². The van der Waals surface area contributed by atoms with Crippen molar-refractivity contribution >= 4 is 11.6 Å². The summed E-state index contributed by atoms with van der Waals surface area (Å²) < 4.78 is 44.8. The summed E-state index contributed by atoms with van der Waals surface area (Å²) in [6.45, 7) is -2.01. The van der Waals surface area contributed by atoms with Crippen LogP contribution in [0.1, 0.15) is 17.7 Å². The molecule has 1 aromatic heterocycles. The van der Waals surface area contributed by atoms with E-state index in [1.54, 1.807) is 12.1 Å². The molecule has 0 spiro atoms. The number of rotatable bonds is 8. The Kier molecular flexibility index (Phi) is 6.74. The van der Waals surface area contributed by atoms with Crippen LogP contribution < -0.4 is 0 Å². The van der Waals surface area contributed by atoms with E-state index in [2.05, 4.69) is 0 Å². The second-order valence-electron chi connectivity index (χ2n) is 6.88. The summed E-state index contributed by atoms with van der Waals surface area (Å²) in [6, 6.07) is 18.1. The molecule has 0 aliphatic rings. The number of carbonyl (C=O) groups is 1. The quantitative estimate of drug-likeness (QED) is 0.354. The Balaban J connectivity index is 1.71. The number of para-hydroxylation sites is 1. The minimum atomic E-state index is -4.63. The van der Waals surface area contributed by atoms with Crippen molar-refractivity contribution in [2.75, 3.05) is 6.54 Å². The number of hydrogen-bond donors (Lipinski definition) is 0. The van der Waals surface area contributed by atoms with Crippen molar-refractivity contribution in [3.8, 4) is 11.3 Å². The van der Waals surface area contributed by atoms with E-state index in [0.29, 0.717) is 16.4 Å². The van der Waals surface area contributed by atoms with Crippen LogP contribution in [0, 0.1) is 10.1 Å². The number of aryl methyl sites for hydroxylation is 1. The van der Waals surface area contributed by atoms with Gasteiger partial charge in [-0.3, -0.25) is 14.9 Å². The molecule has 3 rings (SSSR count). The molecule has 1 heterocycles. The second-order valence-corrected chi connectivity index (χ2v) is 6.88. The Labute approximate surface area is 176 Å².